The van der Waals surface area contributed by atoms with Gasteiger partial charge in [0.15, 0.2) is 0 Å². The molecule has 0 N–H and O–H groups in total. The molecule has 3 aromatic rings. The first kappa shape index (κ1) is 20.5. The van der Waals surface area contributed by atoms with E-state index in [4.69, 9.17) is 0 Å². The van der Waals surface area contributed by atoms with Crippen LogP contribution in [-0.2, 0) is 16.0 Å². The minimum Gasteiger partial charge on any atom is -0.339 e. The molecular formula is C26H23FN2O2. The molecule has 4 rings (SSSR count). The van der Waals surface area contributed by atoms with Gasteiger partial charge in [0.05, 0.1) is 5.57 Å². The molecule has 3 aromatic carbocycles. The second kappa shape index (κ2) is 8.56. The molecule has 0 aromatic heterocycles. The lowest BCUT2D eigenvalue weighted by Crippen LogP contribution is -2.35. The van der Waals surface area contributed by atoms with Gasteiger partial charge in [0.25, 0.3) is 11.8 Å². The molecule has 0 atom stereocenters. The van der Waals surface area contributed by atoms with Crippen LogP contribution in [0.5, 0.6) is 0 Å². The van der Waals surface area contributed by atoms with Crippen LogP contribution >= 0.6 is 0 Å². The number of aryl methyl sites for hydroxylation is 1. The first-order valence-corrected chi connectivity index (χ1v) is 10.2. The molecule has 0 spiro atoms. The minimum absolute atomic E-state index is 0.227. The van der Waals surface area contributed by atoms with Crippen LogP contribution in [0.4, 0.5) is 10.1 Å². The molecular weight excluding hydrogens is 391 g/mol. The van der Waals surface area contributed by atoms with Crippen LogP contribution in [0.3, 0.4) is 0 Å². The van der Waals surface area contributed by atoms with Crippen LogP contribution in [0.2, 0.25) is 0 Å². The lowest BCUT2D eigenvalue weighted by Gasteiger charge is -2.21. The Kier molecular flexibility index (Phi) is 5.67. The van der Waals surface area contributed by atoms with E-state index < -0.39 is 0 Å². The van der Waals surface area contributed by atoms with E-state index in [-0.39, 0.29) is 24.2 Å². The predicted molar refractivity (Wildman–Crippen MR) is 120 cm³/mol. The molecule has 156 valence electrons. The standard InChI is InChI=1S/C26H23FN2O2/c1-18-8-12-20(13-9-18)23-24(28(2)22-6-4-3-5-7-22)26(31)29(25(23)30)17-16-19-10-14-21(27)15-11-19/h3-15H,16-17H2,1-2H3. The van der Waals surface area contributed by atoms with Crippen molar-refractivity contribution in [1.82, 2.24) is 4.90 Å². The number of carbonyl (C=O) groups is 2. The quantitative estimate of drug-likeness (QED) is 0.554. The largest absolute Gasteiger partial charge is 0.339 e. The molecule has 4 nitrogen and oxygen atoms in total. The van der Waals surface area contributed by atoms with Crippen molar-refractivity contribution in [2.75, 3.05) is 18.5 Å². The van der Waals surface area contributed by atoms with Gasteiger partial charge in [-0.2, -0.15) is 0 Å². The Hall–Kier alpha value is -3.73. The molecule has 0 saturated heterocycles. The normalized spacial score (nSPS) is 13.8. The third-order valence-corrected chi connectivity index (χ3v) is 5.50. The fourth-order valence-corrected chi connectivity index (χ4v) is 3.73. The molecule has 0 bridgehead atoms. The minimum atomic E-state index is -0.325. The highest BCUT2D eigenvalue weighted by Gasteiger charge is 2.40. The number of anilines is 1. The Labute approximate surface area is 181 Å². The summed E-state index contributed by atoms with van der Waals surface area (Å²) in [7, 11) is 1.80. The van der Waals surface area contributed by atoms with Gasteiger partial charge in [-0.1, -0.05) is 60.2 Å². The van der Waals surface area contributed by atoms with Crippen LogP contribution in [-0.4, -0.2) is 30.3 Å². The van der Waals surface area contributed by atoms with Gasteiger partial charge in [-0.15, -0.1) is 0 Å². The molecule has 0 unspecified atom stereocenters. The smallest absolute Gasteiger partial charge is 0.278 e. The van der Waals surface area contributed by atoms with E-state index in [0.717, 1.165) is 16.8 Å². The molecule has 0 saturated carbocycles. The van der Waals surface area contributed by atoms with Crippen molar-refractivity contribution in [3.8, 4) is 0 Å². The van der Waals surface area contributed by atoms with Gasteiger partial charge in [0, 0.05) is 19.3 Å². The maximum Gasteiger partial charge on any atom is 0.278 e. The van der Waals surface area contributed by atoms with Crippen molar-refractivity contribution in [1.29, 1.82) is 0 Å². The summed E-state index contributed by atoms with van der Waals surface area (Å²) in [5.74, 6) is -0.949. The Balaban J connectivity index is 1.69. The number of nitrogens with zero attached hydrogens (tertiary/aromatic N) is 2. The average Bonchev–Trinajstić information content (AvgIpc) is 3.03. The molecule has 5 heteroatoms. The number of hydrogen-bond acceptors (Lipinski definition) is 3. The second-order valence-corrected chi connectivity index (χ2v) is 7.62. The highest BCUT2D eigenvalue weighted by Crippen LogP contribution is 2.33. The fraction of sp³-hybridized carbons (Fsp3) is 0.154. The number of rotatable bonds is 6. The highest BCUT2D eigenvalue weighted by atomic mass is 19.1. The number of hydrogen-bond donors (Lipinski definition) is 0. The van der Waals surface area contributed by atoms with Gasteiger partial charge in [0.2, 0.25) is 0 Å². The number of para-hydroxylation sites is 1. The van der Waals surface area contributed by atoms with E-state index >= 15 is 0 Å². The van der Waals surface area contributed by atoms with Crippen molar-refractivity contribution in [2.45, 2.75) is 13.3 Å². The van der Waals surface area contributed by atoms with E-state index in [1.54, 1.807) is 24.1 Å². The lowest BCUT2D eigenvalue weighted by atomic mass is 10.0. The summed E-state index contributed by atoms with van der Waals surface area (Å²) in [4.78, 5) is 29.8. The number of carbonyl (C=O) groups excluding carboxylic acids is 2. The maximum atomic E-state index is 13.4. The van der Waals surface area contributed by atoms with Gasteiger partial charge >= 0.3 is 0 Å². The van der Waals surface area contributed by atoms with Crippen molar-refractivity contribution in [2.24, 2.45) is 0 Å². The first-order valence-electron chi connectivity index (χ1n) is 10.2. The Bertz CT molecular complexity index is 1140. The van der Waals surface area contributed by atoms with Crippen LogP contribution in [0, 0.1) is 12.7 Å². The van der Waals surface area contributed by atoms with E-state index in [2.05, 4.69) is 0 Å². The third-order valence-electron chi connectivity index (χ3n) is 5.50. The number of halogens is 1. The van der Waals surface area contributed by atoms with Crippen LogP contribution in [0.15, 0.2) is 84.6 Å². The van der Waals surface area contributed by atoms with E-state index in [0.29, 0.717) is 23.3 Å². The molecule has 0 aliphatic carbocycles. The van der Waals surface area contributed by atoms with E-state index in [9.17, 15) is 14.0 Å². The maximum absolute atomic E-state index is 13.4. The van der Waals surface area contributed by atoms with Crippen LogP contribution in [0.1, 0.15) is 16.7 Å². The van der Waals surface area contributed by atoms with E-state index in [1.165, 1.54) is 17.0 Å². The summed E-state index contributed by atoms with van der Waals surface area (Å²) >= 11 is 0. The summed E-state index contributed by atoms with van der Waals surface area (Å²) < 4.78 is 13.2. The van der Waals surface area contributed by atoms with Crippen molar-refractivity contribution in [3.63, 3.8) is 0 Å². The summed E-state index contributed by atoms with van der Waals surface area (Å²) in [6, 6.07) is 23.2. The summed E-state index contributed by atoms with van der Waals surface area (Å²) in [5.41, 5.74) is 4.24. The van der Waals surface area contributed by atoms with Gasteiger partial charge in [0.1, 0.15) is 11.5 Å². The first-order chi connectivity index (χ1) is 15.0. The summed E-state index contributed by atoms with van der Waals surface area (Å²) in [5, 5.41) is 0. The fourth-order valence-electron chi connectivity index (χ4n) is 3.73. The molecule has 2 amide bonds. The van der Waals surface area contributed by atoms with Crippen LogP contribution < -0.4 is 4.90 Å². The van der Waals surface area contributed by atoms with Crippen molar-refractivity contribution in [3.05, 3.63) is 107 Å². The van der Waals surface area contributed by atoms with Gasteiger partial charge in [-0.05, 0) is 48.7 Å². The monoisotopic (exact) mass is 414 g/mol. The molecule has 1 aliphatic heterocycles. The molecule has 31 heavy (non-hydrogen) atoms. The zero-order chi connectivity index (χ0) is 22.0. The molecule has 0 fully saturated rings. The Morgan fingerprint density at radius 1 is 0.839 bits per heavy atom. The van der Waals surface area contributed by atoms with Crippen molar-refractivity contribution >= 4 is 23.1 Å². The average molecular weight is 414 g/mol. The van der Waals surface area contributed by atoms with E-state index in [1.807, 2.05) is 61.5 Å². The zero-order valence-electron chi connectivity index (χ0n) is 17.5. The molecule has 1 heterocycles. The molecule has 0 radical (unpaired) electrons. The van der Waals surface area contributed by atoms with Gasteiger partial charge in [-0.25, -0.2) is 4.39 Å². The van der Waals surface area contributed by atoms with Gasteiger partial charge in [-0.3, -0.25) is 14.5 Å². The number of likely N-dealkylation sites (N-methyl/N-ethyl adjacent to an activating group) is 1. The van der Waals surface area contributed by atoms with Crippen LogP contribution in [0.25, 0.3) is 5.57 Å². The van der Waals surface area contributed by atoms with Gasteiger partial charge < -0.3 is 4.90 Å². The SMILES string of the molecule is Cc1ccc(C2=C(N(C)c3ccccc3)C(=O)N(CCc3ccc(F)cc3)C2=O)cc1. The third kappa shape index (κ3) is 4.12. The Morgan fingerprint density at radius 2 is 1.48 bits per heavy atom. The lowest BCUT2D eigenvalue weighted by molar-refractivity contribution is -0.136. The number of imide groups is 1. The zero-order valence-corrected chi connectivity index (χ0v) is 17.5. The molecule has 1 aliphatic rings. The number of benzene rings is 3. The Morgan fingerprint density at radius 3 is 2.13 bits per heavy atom. The predicted octanol–water partition coefficient (Wildman–Crippen LogP) is 4.59. The number of amides is 2. The second-order valence-electron chi connectivity index (χ2n) is 7.62. The topological polar surface area (TPSA) is 40.6 Å². The summed E-state index contributed by atoms with van der Waals surface area (Å²) in [6.45, 7) is 2.20. The summed E-state index contributed by atoms with van der Waals surface area (Å²) in [6.07, 6.45) is 0.460. The highest BCUT2D eigenvalue weighted by molar-refractivity contribution is 6.36. The van der Waals surface area contributed by atoms with Crippen molar-refractivity contribution < 1.29 is 14.0 Å².